The third kappa shape index (κ3) is 6.36. The molecule has 0 heterocycles. The summed E-state index contributed by atoms with van der Waals surface area (Å²) in [5.41, 5.74) is 0. The van der Waals surface area contributed by atoms with Gasteiger partial charge in [0.25, 0.3) is 0 Å². The minimum absolute atomic E-state index is 0.898. The minimum Gasteiger partial charge on any atom is -0.306 e. The van der Waals surface area contributed by atoms with Gasteiger partial charge in [0, 0.05) is 0 Å². The summed E-state index contributed by atoms with van der Waals surface area (Å²) >= 11 is 0. The highest BCUT2D eigenvalue weighted by molar-refractivity contribution is 4.55. The molecular formula is C10H23N. The second-order valence-electron chi connectivity index (χ2n) is 3.61. The monoisotopic (exact) mass is 157 g/mol. The average Bonchev–Trinajstić information content (AvgIpc) is 2.01. The van der Waals surface area contributed by atoms with Crippen molar-refractivity contribution < 1.29 is 0 Å². The summed E-state index contributed by atoms with van der Waals surface area (Å²) in [6.07, 6.45) is 3.95. The fourth-order valence-corrected chi connectivity index (χ4v) is 1.14. The van der Waals surface area contributed by atoms with Gasteiger partial charge in [-0.1, -0.05) is 27.2 Å². The molecule has 0 aliphatic heterocycles. The van der Waals surface area contributed by atoms with E-state index in [9.17, 15) is 0 Å². The summed E-state index contributed by atoms with van der Waals surface area (Å²) in [6.45, 7) is 9.35. The third-order valence-corrected chi connectivity index (χ3v) is 2.31. The van der Waals surface area contributed by atoms with Crippen LogP contribution in [0.25, 0.3) is 0 Å². The maximum absolute atomic E-state index is 2.42. The van der Waals surface area contributed by atoms with Crippen LogP contribution < -0.4 is 0 Å². The Kier molecular flexibility index (Phi) is 6.63. The Balaban J connectivity index is 3.22. The van der Waals surface area contributed by atoms with E-state index in [1.165, 1.54) is 32.4 Å². The summed E-state index contributed by atoms with van der Waals surface area (Å²) in [5, 5.41) is 0. The lowest BCUT2D eigenvalue weighted by molar-refractivity contribution is 0.303. The van der Waals surface area contributed by atoms with E-state index in [2.05, 4.69) is 32.7 Å². The van der Waals surface area contributed by atoms with E-state index in [1.807, 2.05) is 0 Å². The van der Waals surface area contributed by atoms with Gasteiger partial charge >= 0.3 is 0 Å². The zero-order valence-corrected chi connectivity index (χ0v) is 8.56. The molecule has 0 aromatic carbocycles. The molecule has 1 nitrogen and oxygen atoms in total. The third-order valence-electron chi connectivity index (χ3n) is 2.31. The van der Waals surface area contributed by atoms with E-state index < -0.39 is 0 Å². The van der Waals surface area contributed by atoms with Crippen molar-refractivity contribution in [3.8, 4) is 0 Å². The van der Waals surface area contributed by atoms with Crippen LogP contribution in [-0.4, -0.2) is 25.0 Å². The second kappa shape index (κ2) is 6.66. The number of rotatable bonds is 6. The zero-order chi connectivity index (χ0) is 8.69. The predicted molar refractivity (Wildman–Crippen MR) is 51.9 cm³/mol. The van der Waals surface area contributed by atoms with Crippen molar-refractivity contribution in [2.45, 2.75) is 40.0 Å². The predicted octanol–water partition coefficient (Wildman–Crippen LogP) is 2.76. The Morgan fingerprint density at radius 2 is 1.82 bits per heavy atom. The Bertz CT molecular complexity index is 80.9. The van der Waals surface area contributed by atoms with Crippen LogP contribution in [0.1, 0.15) is 40.0 Å². The van der Waals surface area contributed by atoms with Gasteiger partial charge in [0.1, 0.15) is 0 Å². The van der Waals surface area contributed by atoms with E-state index in [0.717, 1.165) is 5.92 Å². The normalized spacial score (nSPS) is 13.9. The van der Waals surface area contributed by atoms with Crippen LogP contribution in [0.15, 0.2) is 0 Å². The molecule has 0 radical (unpaired) electrons. The van der Waals surface area contributed by atoms with Crippen LogP contribution in [-0.2, 0) is 0 Å². The highest BCUT2D eigenvalue weighted by Gasteiger charge is 2.00. The van der Waals surface area contributed by atoms with Gasteiger partial charge in [0.2, 0.25) is 0 Å². The van der Waals surface area contributed by atoms with Crippen LogP contribution in [0.4, 0.5) is 0 Å². The maximum atomic E-state index is 2.42. The SMILES string of the molecule is CCCN(C)CC[C@H](C)CC. The molecular weight excluding hydrogens is 134 g/mol. The molecule has 0 aliphatic rings. The molecule has 1 heteroatoms. The Labute approximate surface area is 71.8 Å². The first-order valence-corrected chi connectivity index (χ1v) is 4.89. The van der Waals surface area contributed by atoms with Gasteiger partial charge in [-0.05, 0) is 38.9 Å². The molecule has 11 heavy (non-hydrogen) atoms. The van der Waals surface area contributed by atoms with Crippen molar-refractivity contribution in [3.63, 3.8) is 0 Å². The Morgan fingerprint density at radius 3 is 2.27 bits per heavy atom. The molecule has 0 N–H and O–H groups in total. The highest BCUT2D eigenvalue weighted by Crippen LogP contribution is 2.06. The molecule has 1 atom stereocenters. The fraction of sp³-hybridized carbons (Fsp3) is 1.00. The van der Waals surface area contributed by atoms with Crippen molar-refractivity contribution in [1.29, 1.82) is 0 Å². The summed E-state index contributed by atoms with van der Waals surface area (Å²) < 4.78 is 0. The average molecular weight is 157 g/mol. The lowest BCUT2D eigenvalue weighted by Gasteiger charge is -2.17. The first kappa shape index (κ1) is 11.0. The molecule has 0 aliphatic carbocycles. The van der Waals surface area contributed by atoms with Crippen molar-refractivity contribution in [3.05, 3.63) is 0 Å². The van der Waals surface area contributed by atoms with Crippen LogP contribution >= 0.6 is 0 Å². The molecule has 0 unspecified atom stereocenters. The lowest BCUT2D eigenvalue weighted by Crippen LogP contribution is -2.21. The highest BCUT2D eigenvalue weighted by atomic mass is 15.1. The van der Waals surface area contributed by atoms with Gasteiger partial charge in [-0.15, -0.1) is 0 Å². The van der Waals surface area contributed by atoms with Crippen molar-refractivity contribution in [2.75, 3.05) is 20.1 Å². The summed E-state index contributed by atoms with van der Waals surface area (Å²) in [4.78, 5) is 2.42. The summed E-state index contributed by atoms with van der Waals surface area (Å²) in [6, 6.07) is 0. The molecule has 0 aromatic rings. The first-order valence-electron chi connectivity index (χ1n) is 4.89. The Hall–Kier alpha value is -0.0400. The summed E-state index contributed by atoms with van der Waals surface area (Å²) in [5.74, 6) is 0.898. The van der Waals surface area contributed by atoms with Gasteiger partial charge in [-0.2, -0.15) is 0 Å². The van der Waals surface area contributed by atoms with Gasteiger partial charge in [0.15, 0.2) is 0 Å². The zero-order valence-electron chi connectivity index (χ0n) is 8.56. The molecule has 0 fully saturated rings. The standard InChI is InChI=1S/C10H23N/c1-5-8-11(4)9-7-10(3)6-2/h10H,5-9H2,1-4H3/t10-/m1/s1. The molecule has 68 valence electrons. The van der Waals surface area contributed by atoms with Crippen molar-refractivity contribution in [2.24, 2.45) is 5.92 Å². The van der Waals surface area contributed by atoms with Crippen molar-refractivity contribution in [1.82, 2.24) is 4.90 Å². The molecule has 0 saturated carbocycles. The quantitative estimate of drug-likeness (QED) is 0.573. The van der Waals surface area contributed by atoms with Gasteiger partial charge in [0.05, 0.1) is 0 Å². The first-order chi connectivity index (χ1) is 5.20. The molecule has 0 amide bonds. The Morgan fingerprint density at radius 1 is 1.18 bits per heavy atom. The van der Waals surface area contributed by atoms with Gasteiger partial charge in [-0.3, -0.25) is 0 Å². The topological polar surface area (TPSA) is 3.24 Å². The molecule has 0 spiro atoms. The largest absolute Gasteiger partial charge is 0.306 e. The minimum atomic E-state index is 0.898. The van der Waals surface area contributed by atoms with Gasteiger partial charge in [-0.25, -0.2) is 0 Å². The van der Waals surface area contributed by atoms with Crippen LogP contribution in [0.2, 0.25) is 0 Å². The smallest absolute Gasteiger partial charge is 0.00193 e. The second-order valence-corrected chi connectivity index (χ2v) is 3.61. The van der Waals surface area contributed by atoms with E-state index in [1.54, 1.807) is 0 Å². The summed E-state index contributed by atoms with van der Waals surface area (Å²) in [7, 11) is 2.21. The van der Waals surface area contributed by atoms with E-state index in [-0.39, 0.29) is 0 Å². The molecule has 0 aromatic heterocycles. The lowest BCUT2D eigenvalue weighted by atomic mass is 10.1. The number of nitrogens with zero attached hydrogens (tertiary/aromatic N) is 1. The molecule has 0 saturated heterocycles. The fourth-order valence-electron chi connectivity index (χ4n) is 1.14. The number of hydrogen-bond acceptors (Lipinski definition) is 1. The van der Waals surface area contributed by atoms with E-state index in [0.29, 0.717) is 0 Å². The van der Waals surface area contributed by atoms with E-state index >= 15 is 0 Å². The molecule has 0 rings (SSSR count). The van der Waals surface area contributed by atoms with Crippen LogP contribution in [0.5, 0.6) is 0 Å². The van der Waals surface area contributed by atoms with E-state index in [4.69, 9.17) is 0 Å². The number of hydrogen-bond donors (Lipinski definition) is 0. The van der Waals surface area contributed by atoms with Gasteiger partial charge < -0.3 is 4.90 Å². The molecule has 0 bridgehead atoms. The van der Waals surface area contributed by atoms with Crippen LogP contribution in [0, 0.1) is 5.92 Å². The van der Waals surface area contributed by atoms with Crippen molar-refractivity contribution >= 4 is 0 Å². The maximum Gasteiger partial charge on any atom is -0.00193 e. The van der Waals surface area contributed by atoms with Crippen LogP contribution in [0.3, 0.4) is 0 Å².